The maximum Gasteiger partial charge on any atom is 0.224 e. The third-order valence-electron chi connectivity index (χ3n) is 2.41. The van der Waals surface area contributed by atoms with Crippen LogP contribution < -0.4 is 14.8 Å². The first-order chi connectivity index (χ1) is 9.26. The molecule has 0 radical (unpaired) electrons. The van der Waals surface area contributed by atoms with Crippen LogP contribution in [0.5, 0.6) is 17.4 Å². The molecule has 0 aliphatic carbocycles. The minimum atomic E-state index is 0.391. The molecule has 0 saturated heterocycles. The van der Waals surface area contributed by atoms with Gasteiger partial charge in [0, 0.05) is 19.2 Å². The highest BCUT2D eigenvalue weighted by molar-refractivity contribution is 5.48. The van der Waals surface area contributed by atoms with Gasteiger partial charge in [0.1, 0.15) is 12.1 Å². The summed E-state index contributed by atoms with van der Waals surface area (Å²) >= 11 is 0. The molecule has 6 heteroatoms. The maximum absolute atomic E-state index is 8.83. The van der Waals surface area contributed by atoms with Gasteiger partial charge in [-0.1, -0.05) is 0 Å². The summed E-state index contributed by atoms with van der Waals surface area (Å²) in [6.07, 6.45) is 1.40. The van der Waals surface area contributed by atoms with Gasteiger partial charge in [-0.25, -0.2) is 9.97 Å². The highest BCUT2D eigenvalue weighted by atomic mass is 16.5. The lowest BCUT2D eigenvalue weighted by Crippen LogP contribution is -1.96. The highest BCUT2D eigenvalue weighted by Crippen LogP contribution is 2.31. The van der Waals surface area contributed by atoms with Gasteiger partial charge in [-0.15, -0.1) is 0 Å². The van der Waals surface area contributed by atoms with Gasteiger partial charge in [-0.05, 0) is 12.1 Å². The molecule has 2 rings (SSSR count). The summed E-state index contributed by atoms with van der Waals surface area (Å²) in [7, 11) is 3.27. The summed E-state index contributed by atoms with van der Waals surface area (Å²) in [4.78, 5) is 8.00. The molecule has 1 N–H and O–H groups in total. The molecule has 0 atom stereocenters. The first-order valence-electron chi connectivity index (χ1n) is 5.52. The lowest BCUT2D eigenvalue weighted by Gasteiger charge is -2.10. The van der Waals surface area contributed by atoms with Crippen LogP contribution in [0.2, 0.25) is 0 Å². The Morgan fingerprint density at radius 2 is 2.05 bits per heavy atom. The van der Waals surface area contributed by atoms with Crippen LogP contribution in [0.4, 0.5) is 5.82 Å². The van der Waals surface area contributed by atoms with Crippen molar-refractivity contribution >= 4 is 5.82 Å². The van der Waals surface area contributed by atoms with Crippen LogP contribution in [-0.4, -0.2) is 24.1 Å². The Balaban J connectivity index is 2.30. The monoisotopic (exact) mass is 256 g/mol. The molecule has 6 nitrogen and oxygen atoms in total. The van der Waals surface area contributed by atoms with Gasteiger partial charge in [-0.2, -0.15) is 5.26 Å². The van der Waals surface area contributed by atoms with Crippen molar-refractivity contribution in [1.29, 1.82) is 5.26 Å². The molecule has 1 aromatic heterocycles. The van der Waals surface area contributed by atoms with E-state index in [-0.39, 0.29) is 0 Å². The van der Waals surface area contributed by atoms with E-state index in [0.717, 1.165) is 0 Å². The van der Waals surface area contributed by atoms with Crippen molar-refractivity contribution in [3.8, 4) is 23.4 Å². The van der Waals surface area contributed by atoms with Crippen molar-refractivity contribution in [1.82, 2.24) is 9.97 Å². The Morgan fingerprint density at radius 1 is 1.21 bits per heavy atom. The summed E-state index contributed by atoms with van der Waals surface area (Å²) in [5.41, 5.74) is 0.503. The molecule has 0 saturated carbocycles. The van der Waals surface area contributed by atoms with Crippen LogP contribution >= 0.6 is 0 Å². The van der Waals surface area contributed by atoms with E-state index in [2.05, 4.69) is 15.3 Å². The van der Waals surface area contributed by atoms with E-state index in [1.54, 1.807) is 31.3 Å². The predicted molar refractivity (Wildman–Crippen MR) is 69.4 cm³/mol. The number of methoxy groups -OCH3 is 1. The fraction of sp³-hybridized carbons (Fsp3) is 0.154. The van der Waals surface area contributed by atoms with Gasteiger partial charge >= 0.3 is 0 Å². The molecule has 19 heavy (non-hydrogen) atoms. The number of nitrogens with one attached hydrogen (secondary N) is 1. The molecular formula is C13H12N4O2. The molecule has 0 spiro atoms. The fourth-order valence-electron chi connectivity index (χ4n) is 1.47. The second-order valence-electron chi connectivity index (χ2n) is 3.57. The van der Waals surface area contributed by atoms with Crippen molar-refractivity contribution in [2.45, 2.75) is 0 Å². The first-order valence-corrected chi connectivity index (χ1v) is 5.52. The zero-order chi connectivity index (χ0) is 13.7. The van der Waals surface area contributed by atoms with Crippen LogP contribution in [-0.2, 0) is 0 Å². The molecule has 0 unspecified atom stereocenters. The van der Waals surface area contributed by atoms with Gasteiger partial charge in [0.25, 0.3) is 0 Å². The first kappa shape index (κ1) is 12.6. The number of nitriles is 1. The lowest BCUT2D eigenvalue weighted by molar-refractivity contribution is 0.374. The van der Waals surface area contributed by atoms with Crippen molar-refractivity contribution in [2.24, 2.45) is 0 Å². The van der Waals surface area contributed by atoms with E-state index in [9.17, 15) is 0 Å². The topological polar surface area (TPSA) is 80.1 Å². The van der Waals surface area contributed by atoms with Crippen LogP contribution in [0.25, 0.3) is 0 Å². The molecule has 0 aliphatic rings. The second-order valence-corrected chi connectivity index (χ2v) is 3.57. The number of aromatic nitrogens is 2. The quantitative estimate of drug-likeness (QED) is 0.903. The minimum Gasteiger partial charge on any atom is -0.493 e. The molecule has 2 aromatic rings. The Labute approximate surface area is 110 Å². The van der Waals surface area contributed by atoms with Gasteiger partial charge in [-0.3, -0.25) is 0 Å². The Morgan fingerprint density at radius 3 is 2.74 bits per heavy atom. The van der Waals surface area contributed by atoms with E-state index in [0.29, 0.717) is 28.8 Å². The smallest absolute Gasteiger partial charge is 0.224 e. The van der Waals surface area contributed by atoms with Crippen molar-refractivity contribution in [2.75, 3.05) is 19.5 Å². The van der Waals surface area contributed by atoms with E-state index in [4.69, 9.17) is 14.7 Å². The van der Waals surface area contributed by atoms with Gasteiger partial charge in [0.05, 0.1) is 18.7 Å². The molecule has 1 aromatic carbocycles. The number of benzene rings is 1. The molecule has 1 heterocycles. The second kappa shape index (κ2) is 5.69. The van der Waals surface area contributed by atoms with Gasteiger partial charge in [0.2, 0.25) is 5.88 Å². The fourth-order valence-corrected chi connectivity index (χ4v) is 1.47. The summed E-state index contributed by atoms with van der Waals surface area (Å²) in [6.45, 7) is 0. The molecule has 0 fully saturated rings. The average Bonchev–Trinajstić information content (AvgIpc) is 2.48. The lowest BCUT2D eigenvalue weighted by atomic mass is 10.2. The largest absolute Gasteiger partial charge is 0.493 e. The normalized spacial score (nSPS) is 9.53. The van der Waals surface area contributed by atoms with Gasteiger partial charge < -0.3 is 14.8 Å². The van der Waals surface area contributed by atoms with Crippen LogP contribution in [0.15, 0.2) is 30.6 Å². The van der Waals surface area contributed by atoms with Crippen molar-refractivity contribution < 1.29 is 9.47 Å². The Hall–Kier alpha value is -2.81. The summed E-state index contributed by atoms with van der Waals surface area (Å²) in [5, 5.41) is 11.7. The number of rotatable bonds is 4. The van der Waals surface area contributed by atoms with E-state index >= 15 is 0 Å². The molecule has 0 bridgehead atoms. The summed E-state index contributed by atoms with van der Waals surface area (Å²) in [6, 6.07) is 8.63. The number of anilines is 1. The molecular weight excluding hydrogens is 244 g/mol. The van der Waals surface area contributed by atoms with Crippen LogP contribution in [0.3, 0.4) is 0 Å². The Bertz CT molecular complexity index is 622. The van der Waals surface area contributed by atoms with E-state index < -0.39 is 0 Å². The third-order valence-corrected chi connectivity index (χ3v) is 2.41. The number of hydrogen-bond acceptors (Lipinski definition) is 6. The number of ether oxygens (including phenoxy) is 2. The van der Waals surface area contributed by atoms with E-state index in [1.807, 2.05) is 6.07 Å². The zero-order valence-corrected chi connectivity index (χ0v) is 10.5. The number of hydrogen-bond donors (Lipinski definition) is 1. The maximum atomic E-state index is 8.83. The zero-order valence-electron chi connectivity index (χ0n) is 10.5. The van der Waals surface area contributed by atoms with Crippen molar-refractivity contribution in [3.05, 3.63) is 36.2 Å². The van der Waals surface area contributed by atoms with Crippen LogP contribution in [0.1, 0.15) is 5.56 Å². The van der Waals surface area contributed by atoms with Crippen LogP contribution in [0, 0.1) is 11.3 Å². The van der Waals surface area contributed by atoms with Gasteiger partial charge in [0.15, 0.2) is 11.5 Å². The van der Waals surface area contributed by atoms with Crippen molar-refractivity contribution in [3.63, 3.8) is 0 Å². The SMILES string of the molecule is CNc1cc(Oc2ccc(C#N)cc2OC)ncn1. The average molecular weight is 256 g/mol. The predicted octanol–water partition coefficient (Wildman–Crippen LogP) is 2.19. The summed E-state index contributed by atoms with van der Waals surface area (Å²) in [5.74, 6) is 2.01. The number of nitrogens with zero attached hydrogens (tertiary/aromatic N) is 3. The standard InChI is InChI=1S/C13H12N4O2/c1-15-12-6-13(17-8-16-12)19-10-4-3-9(7-14)5-11(10)18-2/h3-6,8H,1-2H3,(H,15,16,17). The Kier molecular flexibility index (Phi) is 3.78. The molecule has 96 valence electrons. The minimum absolute atomic E-state index is 0.391. The third kappa shape index (κ3) is 2.90. The molecule has 0 amide bonds. The summed E-state index contributed by atoms with van der Waals surface area (Å²) < 4.78 is 10.8. The highest BCUT2D eigenvalue weighted by Gasteiger charge is 2.08. The molecule has 0 aliphatic heterocycles. The van der Waals surface area contributed by atoms with E-state index in [1.165, 1.54) is 13.4 Å².